The van der Waals surface area contributed by atoms with Gasteiger partial charge in [0.25, 0.3) is 0 Å². The van der Waals surface area contributed by atoms with Gasteiger partial charge >= 0.3 is 0 Å². The highest BCUT2D eigenvalue weighted by Crippen LogP contribution is 2.11. The largest absolute Gasteiger partial charge is 0.301 e. The zero-order valence-corrected chi connectivity index (χ0v) is 22.6. The molecule has 0 aromatic heterocycles. The molecule has 3 heteroatoms. The summed E-state index contributed by atoms with van der Waals surface area (Å²) in [7, 11) is 0. The standard InChI is InChI=1S/C27H59N3/c1-10-11-12-13-14-15-16-17-18-19-28(20-22-29(24(2)3)25(4)5)21-23-30(26(6)7)27(8)9/h24-27H,10-23H2,1-9H3. The molecule has 0 bridgehead atoms. The molecular formula is C27H59N3. The highest BCUT2D eigenvalue weighted by Gasteiger charge is 2.17. The summed E-state index contributed by atoms with van der Waals surface area (Å²) in [5.74, 6) is 0. The van der Waals surface area contributed by atoms with Crippen LogP contribution in [0, 0.1) is 0 Å². The molecule has 0 saturated carbocycles. The van der Waals surface area contributed by atoms with E-state index >= 15 is 0 Å². The first-order valence-corrected chi connectivity index (χ1v) is 13.4. The lowest BCUT2D eigenvalue weighted by atomic mass is 10.1. The fraction of sp³-hybridized carbons (Fsp3) is 1.00. The predicted molar refractivity (Wildman–Crippen MR) is 138 cm³/mol. The minimum atomic E-state index is 0.627. The highest BCUT2D eigenvalue weighted by molar-refractivity contribution is 4.73. The molecule has 0 unspecified atom stereocenters. The molecule has 3 nitrogen and oxygen atoms in total. The first kappa shape index (κ1) is 29.9. The molecule has 0 aromatic rings. The Morgan fingerprint density at radius 2 is 0.733 bits per heavy atom. The van der Waals surface area contributed by atoms with Crippen molar-refractivity contribution in [3.05, 3.63) is 0 Å². The molecule has 0 aliphatic carbocycles. The third-order valence-electron chi connectivity index (χ3n) is 6.58. The third kappa shape index (κ3) is 14.8. The lowest BCUT2D eigenvalue weighted by molar-refractivity contribution is 0.117. The monoisotopic (exact) mass is 425 g/mol. The van der Waals surface area contributed by atoms with Crippen molar-refractivity contribution >= 4 is 0 Å². The van der Waals surface area contributed by atoms with Crippen LogP contribution in [0.1, 0.15) is 120 Å². The third-order valence-corrected chi connectivity index (χ3v) is 6.58. The van der Waals surface area contributed by atoms with Crippen LogP contribution >= 0.6 is 0 Å². The molecule has 0 radical (unpaired) electrons. The molecule has 0 amide bonds. The molecule has 0 N–H and O–H groups in total. The Morgan fingerprint density at radius 3 is 1.07 bits per heavy atom. The minimum absolute atomic E-state index is 0.627. The molecule has 0 fully saturated rings. The summed E-state index contributed by atoms with van der Waals surface area (Å²) in [5, 5.41) is 0. The van der Waals surface area contributed by atoms with Gasteiger partial charge in [-0.15, -0.1) is 0 Å². The Bertz CT molecular complexity index is 325. The van der Waals surface area contributed by atoms with E-state index in [0.29, 0.717) is 24.2 Å². The number of hydrogen-bond acceptors (Lipinski definition) is 3. The second-order valence-corrected chi connectivity index (χ2v) is 10.5. The summed E-state index contributed by atoms with van der Waals surface area (Å²) in [4.78, 5) is 8.04. The molecule has 0 atom stereocenters. The number of hydrogen-bond donors (Lipinski definition) is 0. The van der Waals surface area contributed by atoms with Crippen LogP contribution in [-0.2, 0) is 0 Å². The average molecular weight is 426 g/mol. The van der Waals surface area contributed by atoms with Crippen LogP contribution in [0.2, 0.25) is 0 Å². The Hall–Kier alpha value is -0.120. The van der Waals surface area contributed by atoms with E-state index in [1.807, 2.05) is 0 Å². The molecule has 0 aliphatic heterocycles. The molecule has 0 rings (SSSR count). The van der Waals surface area contributed by atoms with Crippen LogP contribution in [0.25, 0.3) is 0 Å². The van der Waals surface area contributed by atoms with E-state index in [2.05, 4.69) is 77.0 Å². The van der Waals surface area contributed by atoms with Gasteiger partial charge in [0, 0.05) is 50.3 Å². The number of rotatable bonds is 20. The second kappa shape index (κ2) is 18.5. The van der Waals surface area contributed by atoms with Crippen LogP contribution in [0.4, 0.5) is 0 Å². The smallest absolute Gasteiger partial charge is 0.0115 e. The topological polar surface area (TPSA) is 9.72 Å². The van der Waals surface area contributed by atoms with Gasteiger partial charge in [0.15, 0.2) is 0 Å². The summed E-state index contributed by atoms with van der Waals surface area (Å²) < 4.78 is 0. The van der Waals surface area contributed by atoms with Crippen LogP contribution < -0.4 is 0 Å². The van der Waals surface area contributed by atoms with Crippen molar-refractivity contribution in [2.24, 2.45) is 0 Å². The van der Waals surface area contributed by atoms with Crippen molar-refractivity contribution in [1.82, 2.24) is 14.7 Å². The van der Waals surface area contributed by atoms with Gasteiger partial charge in [0.1, 0.15) is 0 Å². The van der Waals surface area contributed by atoms with Crippen molar-refractivity contribution in [3.8, 4) is 0 Å². The Kier molecular flexibility index (Phi) is 18.4. The zero-order valence-electron chi connectivity index (χ0n) is 22.6. The Balaban J connectivity index is 4.45. The van der Waals surface area contributed by atoms with Crippen LogP contribution in [0.15, 0.2) is 0 Å². The average Bonchev–Trinajstić information content (AvgIpc) is 2.65. The Labute approximate surface area is 192 Å². The van der Waals surface area contributed by atoms with E-state index in [4.69, 9.17) is 0 Å². The molecular weight excluding hydrogens is 366 g/mol. The Morgan fingerprint density at radius 1 is 0.400 bits per heavy atom. The first-order valence-electron chi connectivity index (χ1n) is 13.4. The van der Waals surface area contributed by atoms with Crippen molar-refractivity contribution in [2.75, 3.05) is 32.7 Å². The van der Waals surface area contributed by atoms with E-state index in [-0.39, 0.29) is 0 Å². The van der Waals surface area contributed by atoms with Crippen molar-refractivity contribution in [2.45, 2.75) is 144 Å². The van der Waals surface area contributed by atoms with Gasteiger partial charge < -0.3 is 4.90 Å². The number of unbranched alkanes of at least 4 members (excludes halogenated alkanes) is 8. The summed E-state index contributed by atoms with van der Waals surface area (Å²) in [6, 6.07) is 2.51. The van der Waals surface area contributed by atoms with Crippen molar-refractivity contribution in [3.63, 3.8) is 0 Å². The van der Waals surface area contributed by atoms with Gasteiger partial charge in [-0.1, -0.05) is 58.3 Å². The van der Waals surface area contributed by atoms with Gasteiger partial charge in [-0.3, -0.25) is 9.80 Å². The van der Waals surface area contributed by atoms with Gasteiger partial charge in [-0.05, 0) is 68.4 Å². The van der Waals surface area contributed by atoms with Crippen LogP contribution in [-0.4, -0.2) is 71.6 Å². The highest BCUT2D eigenvalue weighted by atomic mass is 15.2. The summed E-state index contributed by atoms with van der Waals surface area (Å²) in [6.45, 7) is 27.1. The SMILES string of the molecule is CCCCCCCCCCCN(CCN(C(C)C)C(C)C)CCN(C(C)C)C(C)C. The molecule has 0 saturated heterocycles. The molecule has 0 spiro atoms. The lowest BCUT2D eigenvalue weighted by Gasteiger charge is -2.35. The quantitative estimate of drug-likeness (QED) is 0.193. The normalized spacial score (nSPS) is 12.8. The molecule has 182 valence electrons. The van der Waals surface area contributed by atoms with Gasteiger partial charge in [0.05, 0.1) is 0 Å². The van der Waals surface area contributed by atoms with Gasteiger partial charge in [0.2, 0.25) is 0 Å². The van der Waals surface area contributed by atoms with E-state index < -0.39 is 0 Å². The van der Waals surface area contributed by atoms with Gasteiger partial charge in [-0.2, -0.15) is 0 Å². The summed E-state index contributed by atoms with van der Waals surface area (Å²) in [6.07, 6.45) is 12.7. The molecule has 0 aliphatic rings. The first-order chi connectivity index (χ1) is 14.2. The zero-order chi connectivity index (χ0) is 22.9. The van der Waals surface area contributed by atoms with Crippen LogP contribution in [0.3, 0.4) is 0 Å². The molecule has 0 heterocycles. The van der Waals surface area contributed by atoms with Crippen LogP contribution in [0.5, 0.6) is 0 Å². The van der Waals surface area contributed by atoms with E-state index in [9.17, 15) is 0 Å². The lowest BCUT2D eigenvalue weighted by Crippen LogP contribution is -2.46. The van der Waals surface area contributed by atoms with Gasteiger partial charge in [-0.25, -0.2) is 0 Å². The number of nitrogens with zero attached hydrogens (tertiary/aromatic N) is 3. The van der Waals surface area contributed by atoms with Crippen molar-refractivity contribution in [1.29, 1.82) is 0 Å². The summed E-state index contributed by atoms with van der Waals surface area (Å²) >= 11 is 0. The maximum Gasteiger partial charge on any atom is 0.0115 e. The minimum Gasteiger partial charge on any atom is -0.301 e. The fourth-order valence-corrected chi connectivity index (χ4v) is 4.72. The molecule has 0 aromatic carbocycles. The fourth-order valence-electron chi connectivity index (χ4n) is 4.72. The van der Waals surface area contributed by atoms with E-state index in [1.54, 1.807) is 0 Å². The molecule has 30 heavy (non-hydrogen) atoms. The van der Waals surface area contributed by atoms with E-state index in [1.165, 1.54) is 90.5 Å². The van der Waals surface area contributed by atoms with Crippen molar-refractivity contribution < 1.29 is 0 Å². The van der Waals surface area contributed by atoms with E-state index in [0.717, 1.165) is 0 Å². The summed E-state index contributed by atoms with van der Waals surface area (Å²) in [5.41, 5.74) is 0. The second-order valence-electron chi connectivity index (χ2n) is 10.5. The predicted octanol–water partition coefficient (Wildman–Crippen LogP) is 7.06. The maximum atomic E-state index is 2.75. The maximum absolute atomic E-state index is 2.75.